The van der Waals surface area contributed by atoms with Crippen LogP contribution in [0.5, 0.6) is 0 Å². The van der Waals surface area contributed by atoms with Gasteiger partial charge in [0.25, 0.3) is 0 Å². The molecule has 0 atom stereocenters. The van der Waals surface area contributed by atoms with Crippen LogP contribution in [-0.2, 0) is 4.79 Å². The van der Waals surface area contributed by atoms with Crippen LogP contribution in [0.1, 0.15) is 31.8 Å². The van der Waals surface area contributed by atoms with E-state index in [0.29, 0.717) is 27.5 Å². The number of carbonyl (C=O) groups is 3. The van der Waals surface area contributed by atoms with Gasteiger partial charge in [-0.3, -0.25) is 14.4 Å². The van der Waals surface area contributed by atoms with Crippen LogP contribution < -0.4 is 16.0 Å². The van der Waals surface area contributed by atoms with Gasteiger partial charge in [-0.2, -0.15) is 0 Å². The average Bonchev–Trinajstić information content (AvgIpc) is 2.92. The molecule has 4 aromatic rings. The molecule has 1 aliphatic rings. The van der Waals surface area contributed by atoms with Crippen LogP contribution in [0.25, 0.3) is 0 Å². The summed E-state index contributed by atoms with van der Waals surface area (Å²) in [7, 11) is 0. The van der Waals surface area contributed by atoms with E-state index in [1.54, 1.807) is 42.5 Å². The predicted octanol–water partition coefficient (Wildman–Crippen LogP) is 6.00. The Hall–Kier alpha value is -4.27. The molecule has 0 bridgehead atoms. The van der Waals surface area contributed by atoms with Gasteiger partial charge in [-0.1, -0.05) is 54.6 Å². The molecule has 0 aliphatic heterocycles. The van der Waals surface area contributed by atoms with Crippen molar-refractivity contribution in [1.82, 2.24) is 0 Å². The maximum Gasteiger partial charge on any atom is 0.234 e. The molecule has 0 heterocycles. The minimum atomic E-state index is -0.270. The van der Waals surface area contributed by atoms with E-state index in [0.717, 1.165) is 16.3 Å². The molecule has 0 spiro atoms. The summed E-state index contributed by atoms with van der Waals surface area (Å²) in [5, 5.41) is 9.54. The molecule has 0 unspecified atom stereocenters. The molecular formula is C29H21N3O3S2. The van der Waals surface area contributed by atoms with Crippen molar-refractivity contribution in [2.45, 2.75) is 4.90 Å². The first-order chi connectivity index (χ1) is 18.0. The van der Waals surface area contributed by atoms with Gasteiger partial charge in [-0.15, -0.1) is 11.8 Å². The number of hydrogen-bond donors (Lipinski definition) is 3. The molecular weight excluding hydrogens is 502 g/mol. The van der Waals surface area contributed by atoms with Crippen molar-refractivity contribution in [3.8, 4) is 0 Å². The second-order valence-electron chi connectivity index (χ2n) is 8.24. The van der Waals surface area contributed by atoms with E-state index in [1.165, 1.54) is 11.8 Å². The lowest BCUT2D eigenvalue weighted by molar-refractivity contribution is -0.113. The summed E-state index contributed by atoms with van der Waals surface area (Å²) in [5.41, 5.74) is 3.33. The Balaban J connectivity index is 1.19. The largest absolute Gasteiger partial charge is 0.332 e. The summed E-state index contributed by atoms with van der Waals surface area (Å²) in [6.45, 7) is 0. The highest BCUT2D eigenvalue weighted by atomic mass is 32.2. The highest BCUT2D eigenvalue weighted by Crippen LogP contribution is 2.32. The Bertz CT molecular complexity index is 1520. The summed E-state index contributed by atoms with van der Waals surface area (Å²) >= 11 is 6.72. The number of amides is 1. The Kier molecular flexibility index (Phi) is 7.11. The normalized spacial score (nSPS) is 11.8. The highest BCUT2D eigenvalue weighted by Gasteiger charge is 2.31. The fourth-order valence-corrected chi connectivity index (χ4v) is 4.97. The van der Waals surface area contributed by atoms with Crippen molar-refractivity contribution in [2.75, 3.05) is 21.7 Å². The fourth-order valence-electron chi connectivity index (χ4n) is 4.03. The SMILES string of the molecule is O=C(CSc1ccc(NC(=S)Nc2ccccc2)cc1)Nc1cccc2c1C(=O)c1ccccc1C2=O. The number of nitrogens with one attached hydrogen (secondary N) is 3. The summed E-state index contributed by atoms with van der Waals surface area (Å²) in [4.78, 5) is 39.6. The van der Waals surface area contributed by atoms with E-state index in [-0.39, 0.29) is 28.8 Å². The zero-order valence-electron chi connectivity index (χ0n) is 19.5. The van der Waals surface area contributed by atoms with Gasteiger partial charge < -0.3 is 16.0 Å². The average molecular weight is 524 g/mol. The zero-order chi connectivity index (χ0) is 25.8. The number of hydrogen-bond acceptors (Lipinski definition) is 5. The minimum Gasteiger partial charge on any atom is -0.332 e. The molecule has 37 heavy (non-hydrogen) atoms. The van der Waals surface area contributed by atoms with Crippen molar-refractivity contribution in [3.63, 3.8) is 0 Å². The Morgan fingerprint density at radius 2 is 1.24 bits per heavy atom. The first-order valence-electron chi connectivity index (χ1n) is 11.5. The summed E-state index contributed by atoms with van der Waals surface area (Å²) < 4.78 is 0. The smallest absolute Gasteiger partial charge is 0.234 e. The zero-order valence-corrected chi connectivity index (χ0v) is 21.1. The van der Waals surface area contributed by atoms with Crippen molar-refractivity contribution in [1.29, 1.82) is 0 Å². The second kappa shape index (κ2) is 10.8. The molecule has 8 heteroatoms. The molecule has 182 valence electrons. The monoisotopic (exact) mass is 523 g/mol. The molecule has 6 nitrogen and oxygen atoms in total. The Morgan fingerprint density at radius 1 is 0.649 bits per heavy atom. The molecule has 4 aromatic carbocycles. The third-order valence-electron chi connectivity index (χ3n) is 5.74. The quantitative estimate of drug-likeness (QED) is 0.186. The number of ketones is 2. The van der Waals surface area contributed by atoms with Crippen LogP contribution in [-0.4, -0.2) is 28.3 Å². The van der Waals surface area contributed by atoms with Gasteiger partial charge in [0, 0.05) is 33.0 Å². The maximum atomic E-state index is 13.1. The van der Waals surface area contributed by atoms with E-state index in [2.05, 4.69) is 16.0 Å². The maximum absolute atomic E-state index is 13.1. The van der Waals surface area contributed by atoms with Crippen molar-refractivity contribution >= 4 is 63.6 Å². The van der Waals surface area contributed by atoms with Gasteiger partial charge >= 0.3 is 0 Å². The molecule has 0 saturated heterocycles. The van der Waals surface area contributed by atoms with E-state index < -0.39 is 0 Å². The summed E-state index contributed by atoms with van der Waals surface area (Å²) in [5.74, 6) is -0.615. The third kappa shape index (κ3) is 5.45. The van der Waals surface area contributed by atoms with E-state index >= 15 is 0 Å². The Morgan fingerprint density at radius 3 is 1.95 bits per heavy atom. The summed E-state index contributed by atoms with van der Waals surface area (Å²) in [6, 6.07) is 28.9. The molecule has 5 rings (SSSR count). The lowest BCUT2D eigenvalue weighted by Crippen LogP contribution is -2.24. The molecule has 1 amide bonds. The van der Waals surface area contributed by atoms with Gasteiger partial charge in [0.05, 0.1) is 17.0 Å². The van der Waals surface area contributed by atoms with Gasteiger partial charge in [-0.05, 0) is 54.7 Å². The van der Waals surface area contributed by atoms with Crippen molar-refractivity contribution in [3.05, 3.63) is 119 Å². The Labute approximate surface area is 223 Å². The standard InChI is InChI=1S/C29H21N3O3S2/c33-25(17-37-20-15-13-19(14-16-20)31-29(36)30-18-7-2-1-3-8-18)32-24-12-6-11-23-26(24)28(35)22-10-5-4-9-21(22)27(23)34/h1-16H,17H2,(H,32,33)(H2,30,31,36). The first-order valence-corrected chi connectivity index (χ1v) is 12.9. The summed E-state index contributed by atoms with van der Waals surface area (Å²) in [6.07, 6.45) is 0. The van der Waals surface area contributed by atoms with E-state index in [4.69, 9.17) is 12.2 Å². The molecule has 0 saturated carbocycles. The number of benzene rings is 4. The molecule has 0 fully saturated rings. The van der Waals surface area contributed by atoms with Gasteiger partial charge in [0.2, 0.25) is 5.91 Å². The van der Waals surface area contributed by atoms with Crippen LogP contribution in [0, 0.1) is 0 Å². The fraction of sp³-hybridized carbons (Fsp3) is 0.0345. The predicted molar refractivity (Wildman–Crippen MR) is 152 cm³/mol. The highest BCUT2D eigenvalue weighted by molar-refractivity contribution is 8.00. The first kappa shape index (κ1) is 24.4. The lowest BCUT2D eigenvalue weighted by atomic mass is 9.83. The molecule has 1 aliphatic carbocycles. The van der Waals surface area contributed by atoms with Crippen LogP contribution in [0.15, 0.2) is 102 Å². The molecule has 0 radical (unpaired) electrons. The lowest BCUT2D eigenvalue weighted by Gasteiger charge is -2.20. The number of fused-ring (bicyclic) bond motifs is 2. The van der Waals surface area contributed by atoms with Crippen LogP contribution in [0.3, 0.4) is 0 Å². The minimum absolute atomic E-state index is 0.142. The van der Waals surface area contributed by atoms with Crippen molar-refractivity contribution in [2.24, 2.45) is 0 Å². The van der Waals surface area contributed by atoms with Crippen LogP contribution >= 0.6 is 24.0 Å². The number of thioether (sulfide) groups is 1. The van der Waals surface area contributed by atoms with E-state index in [9.17, 15) is 14.4 Å². The third-order valence-corrected chi connectivity index (χ3v) is 6.96. The molecule has 0 aromatic heterocycles. The second-order valence-corrected chi connectivity index (χ2v) is 9.70. The van der Waals surface area contributed by atoms with Gasteiger partial charge in [-0.25, -0.2) is 0 Å². The van der Waals surface area contributed by atoms with Gasteiger partial charge in [0.1, 0.15) is 0 Å². The van der Waals surface area contributed by atoms with Crippen LogP contribution in [0.2, 0.25) is 0 Å². The molecule has 3 N–H and O–H groups in total. The van der Waals surface area contributed by atoms with E-state index in [1.807, 2.05) is 54.6 Å². The number of para-hydroxylation sites is 1. The number of anilines is 3. The van der Waals surface area contributed by atoms with Crippen molar-refractivity contribution < 1.29 is 14.4 Å². The number of carbonyl (C=O) groups excluding carboxylic acids is 3. The van der Waals surface area contributed by atoms with Gasteiger partial charge in [0.15, 0.2) is 16.7 Å². The number of thiocarbonyl (C=S) groups is 1. The number of rotatable bonds is 6. The topological polar surface area (TPSA) is 87.3 Å². The van der Waals surface area contributed by atoms with Crippen LogP contribution in [0.4, 0.5) is 17.1 Å².